The molecule has 5 nitrogen and oxygen atoms in total. The number of furan rings is 1. The van der Waals surface area contributed by atoms with Crippen molar-refractivity contribution in [3.05, 3.63) is 48.0 Å². The molecule has 1 aliphatic heterocycles. The summed E-state index contributed by atoms with van der Waals surface area (Å²) >= 11 is 0. The van der Waals surface area contributed by atoms with Gasteiger partial charge >= 0.3 is 0 Å². The molecule has 0 spiro atoms. The largest absolute Gasteiger partial charge is 0.461 e. The number of aryl methyl sites for hydroxylation is 1. The minimum atomic E-state index is -0.339. The molecule has 0 radical (unpaired) electrons. The van der Waals surface area contributed by atoms with Gasteiger partial charge in [-0.05, 0) is 37.1 Å². The van der Waals surface area contributed by atoms with E-state index in [4.69, 9.17) is 4.42 Å². The van der Waals surface area contributed by atoms with Gasteiger partial charge in [0.2, 0.25) is 11.8 Å². The highest BCUT2D eigenvalue weighted by molar-refractivity contribution is 5.79. The second-order valence-corrected chi connectivity index (χ2v) is 6.43. The molecule has 1 N–H and O–H groups in total. The lowest BCUT2D eigenvalue weighted by Crippen LogP contribution is -2.32. The Morgan fingerprint density at radius 3 is 2.62 bits per heavy atom. The molecule has 0 saturated carbocycles. The molecular weight excluding hydrogens is 335 g/mol. The molecule has 2 amide bonds. The predicted octanol–water partition coefficient (Wildman–Crippen LogP) is 3.15. The van der Waals surface area contributed by atoms with Gasteiger partial charge in [-0.1, -0.05) is 12.1 Å². The van der Waals surface area contributed by atoms with Crippen LogP contribution in [0.2, 0.25) is 0 Å². The number of nitrogens with one attached hydrogen (secondary N) is 1. The molecular formula is C20H23FN2O3. The van der Waals surface area contributed by atoms with Gasteiger partial charge in [0.25, 0.3) is 0 Å². The lowest BCUT2D eigenvalue weighted by molar-refractivity contribution is -0.130. The molecule has 0 bridgehead atoms. The molecule has 0 atom stereocenters. The summed E-state index contributed by atoms with van der Waals surface area (Å²) in [7, 11) is 0. The minimum absolute atomic E-state index is 0.100. The summed E-state index contributed by atoms with van der Waals surface area (Å²) in [6, 6.07) is 9.88. The first-order valence-corrected chi connectivity index (χ1v) is 9.01. The summed E-state index contributed by atoms with van der Waals surface area (Å²) in [5.41, 5.74) is 0.406. The number of nitrogens with zero attached hydrogens (tertiary/aromatic N) is 1. The highest BCUT2D eigenvalue weighted by Gasteiger charge is 2.17. The van der Waals surface area contributed by atoms with E-state index >= 15 is 0 Å². The van der Waals surface area contributed by atoms with Crippen molar-refractivity contribution in [2.45, 2.75) is 32.1 Å². The molecule has 1 fully saturated rings. The fourth-order valence-electron chi connectivity index (χ4n) is 3.08. The van der Waals surface area contributed by atoms with Crippen LogP contribution in [0.25, 0.3) is 11.3 Å². The van der Waals surface area contributed by atoms with Gasteiger partial charge in [0.15, 0.2) is 0 Å². The van der Waals surface area contributed by atoms with Crippen LogP contribution in [0.3, 0.4) is 0 Å². The lowest BCUT2D eigenvalue weighted by Gasteiger charge is -2.15. The fraction of sp³-hybridized carbons (Fsp3) is 0.400. The van der Waals surface area contributed by atoms with Crippen LogP contribution >= 0.6 is 0 Å². The maximum Gasteiger partial charge on any atom is 0.224 e. The van der Waals surface area contributed by atoms with E-state index in [-0.39, 0.29) is 24.1 Å². The van der Waals surface area contributed by atoms with Gasteiger partial charge in [-0.3, -0.25) is 9.59 Å². The predicted molar refractivity (Wildman–Crippen MR) is 95.9 cm³/mol. The first-order chi connectivity index (χ1) is 12.6. The molecule has 1 aliphatic rings. The molecule has 6 heteroatoms. The SMILES string of the molecule is O=C(CCc1ccc(-c2ccccc2F)o1)NCCC(=O)N1CCCC1. The van der Waals surface area contributed by atoms with E-state index in [9.17, 15) is 14.0 Å². The number of hydrogen-bond acceptors (Lipinski definition) is 3. The summed E-state index contributed by atoms with van der Waals surface area (Å²) in [4.78, 5) is 25.7. The topological polar surface area (TPSA) is 62.6 Å². The van der Waals surface area contributed by atoms with Crippen molar-refractivity contribution in [3.8, 4) is 11.3 Å². The fourth-order valence-corrected chi connectivity index (χ4v) is 3.08. The van der Waals surface area contributed by atoms with Gasteiger partial charge in [-0.25, -0.2) is 4.39 Å². The second-order valence-electron chi connectivity index (χ2n) is 6.43. The third kappa shape index (κ3) is 4.71. The van der Waals surface area contributed by atoms with Gasteiger partial charge in [-0.2, -0.15) is 0 Å². The van der Waals surface area contributed by atoms with Crippen LogP contribution in [-0.2, 0) is 16.0 Å². The Hall–Kier alpha value is -2.63. The molecule has 2 aromatic rings. The van der Waals surface area contributed by atoms with Crippen molar-refractivity contribution < 1.29 is 18.4 Å². The maximum atomic E-state index is 13.8. The average Bonchev–Trinajstić information content (AvgIpc) is 3.32. The number of hydrogen-bond donors (Lipinski definition) is 1. The van der Waals surface area contributed by atoms with E-state index in [1.807, 2.05) is 4.90 Å². The van der Waals surface area contributed by atoms with E-state index in [0.717, 1.165) is 25.9 Å². The number of amides is 2. The zero-order valence-corrected chi connectivity index (χ0v) is 14.7. The van der Waals surface area contributed by atoms with Crippen LogP contribution in [0, 0.1) is 5.82 Å². The summed E-state index contributed by atoms with van der Waals surface area (Å²) in [6.45, 7) is 2.01. The Morgan fingerprint density at radius 2 is 1.85 bits per heavy atom. The van der Waals surface area contributed by atoms with Crippen molar-refractivity contribution >= 4 is 11.8 Å². The van der Waals surface area contributed by atoms with Crippen LogP contribution in [0.4, 0.5) is 4.39 Å². The van der Waals surface area contributed by atoms with E-state index in [1.165, 1.54) is 6.07 Å². The van der Waals surface area contributed by atoms with E-state index in [0.29, 0.717) is 36.5 Å². The first-order valence-electron chi connectivity index (χ1n) is 9.01. The summed E-state index contributed by atoms with van der Waals surface area (Å²) in [5, 5.41) is 2.77. The van der Waals surface area contributed by atoms with Gasteiger partial charge in [-0.15, -0.1) is 0 Å². The van der Waals surface area contributed by atoms with E-state index < -0.39 is 0 Å². The maximum absolute atomic E-state index is 13.8. The Kier molecular flexibility index (Phi) is 6.04. The molecule has 0 aliphatic carbocycles. The number of rotatable bonds is 7. The molecule has 0 unspecified atom stereocenters. The minimum Gasteiger partial charge on any atom is -0.461 e. The Labute approximate surface area is 152 Å². The van der Waals surface area contributed by atoms with Crippen molar-refractivity contribution in [2.24, 2.45) is 0 Å². The molecule has 2 heterocycles. The van der Waals surface area contributed by atoms with Crippen LogP contribution < -0.4 is 5.32 Å². The molecule has 138 valence electrons. The van der Waals surface area contributed by atoms with Gasteiger partial charge in [0.05, 0.1) is 5.56 Å². The third-order valence-corrected chi connectivity index (χ3v) is 4.52. The lowest BCUT2D eigenvalue weighted by atomic mass is 10.1. The van der Waals surface area contributed by atoms with Crippen molar-refractivity contribution in [3.63, 3.8) is 0 Å². The number of carbonyl (C=O) groups excluding carboxylic acids is 2. The highest BCUT2D eigenvalue weighted by atomic mass is 19.1. The zero-order chi connectivity index (χ0) is 18.4. The zero-order valence-electron chi connectivity index (χ0n) is 14.7. The van der Waals surface area contributed by atoms with E-state index in [1.54, 1.807) is 30.3 Å². The first kappa shape index (κ1) is 18.2. The monoisotopic (exact) mass is 358 g/mol. The van der Waals surface area contributed by atoms with E-state index in [2.05, 4.69) is 5.32 Å². The summed E-state index contributed by atoms with van der Waals surface area (Å²) in [6.07, 6.45) is 3.17. The van der Waals surface area contributed by atoms with Crippen molar-refractivity contribution in [1.29, 1.82) is 0 Å². The molecule has 26 heavy (non-hydrogen) atoms. The van der Waals surface area contributed by atoms with Gasteiger partial charge < -0.3 is 14.6 Å². The van der Waals surface area contributed by atoms with Crippen LogP contribution in [0.5, 0.6) is 0 Å². The molecule has 1 aromatic heterocycles. The third-order valence-electron chi connectivity index (χ3n) is 4.52. The van der Waals surface area contributed by atoms with Crippen LogP contribution in [0.1, 0.15) is 31.4 Å². The number of halogens is 1. The number of benzene rings is 1. The molecule has 1 saturated heterocycles. The van der Waals surface area contributed by atoms with Crippen molar-refractivity contribution in [2.75, 3.05) is 19.6 Å². The average molecular weight is 358 g/mol. The standard InChI is InChI=1S/C20H23FN2O3/c21-17-6-2-1-5-16(17)18-9-7-15(26-18)8-10-19(24)22-12-11-20(25)23-13-3-4-14-23/h1-2,5-7,9H,3-4,8,10-14H2,(H,22,24). The summed E-state index contributed by atoms with van der Waals surface area (Å²) in [5.74, 6) is 0.724. The molecule has 3 rings (SSSR count). The Bertz CT molecular complexity index is 766. The van der Waals surface area contributed by atoms with Crippen molar-refractivity contribution in [1.82, 2.24) is 10.2 Å². The highest BCUT2D eigenvalue weighted by Crippen LogP contribution is 2.25. The van der Waals surface area contributed by atoms with Crippen LogP contribution in [0.15, 0.2) is 40.8 Å². The number of carbonyl (C=O) groups is 2. The number of likely N-dealkylation sites (tertiary alicyclic amines) is 1. The Balaban J connectivity index is 1.41. The van der Waals surface area contributed by atoms with Gasteiger partial charge in [0, 0.05) is 38.9 Å². The normalized spacial score (nSPS) is 13.8. The summed E-state index contributed by atoms with van der Waals surface area (Å²) < 4.78 is 19.4. The molecule has 1 aromatic carbocycles. The van der Waals surface area contributed by atoms with Gasteiger partial charge in [0.1, 0.15) is 17.3 Å². The second kappa shape index (κ2) is 8.65. The quantitative estimate of drug-likeness (QED) is 0.827. The van der Waals surface area contributed by atoms with Crippen LogP contribution in [-0.4, -0.2) is 36.3 Å². The Morgan fingerprint density at radius 1 is 1.08 bits per heavy atom. The smallest absolute Gasteiger partial charge is 0.224 e.